The summed E-state index contributed by atoms with van der Waals surface area (Å²) in [6.07, 6.45) is 1.29. The molecule has 0 aromatic heterocycles. The van der Waals surface area contributed by atoms with Gasteiger partial charge in [-0.25, -0.2) is 0 Å². The molecule has 1 atom stereocenters. The molecule has 0 aliphatic carbocycles. The number of hydrogen-bond acceptors (Lipinski definition) is 3. The minimum atomic E-state index is 0.0702. The van der Waals surface area contributed by atoms with Gasteiger partial charge in [0.05, 0.1) is 4.99 Å². The van der Waals surface area contributed by atoms with Gasteiger partial charge in [0.2, 0.25) is 5.91 Å². The highest BCUT2D eigenvalue weighted by molar-refractivity contribution is 7.80. The summed E-state index contributed by atoms with van der Waals surface area (Å²) < 4.78 is 5.21. The summed E-state index contributed by atoms with van der Waals surface area (Å²) in [6.45, 7) is 8.50. The van der Waals surface area contributed by atoms with Crippen molar-refractivity contribution in [3.63, 3.8) is 0 Å². The zero-order valence-electron chi connectivity index (χ0n) is 11.1. The van der Waals surface area contributed by atoms with E-state index in [-0.39, 0.29) is 11.8 Å². The van der Waals surface area contributed by atoms with Crippen molar-refractivity contribution in [2.75, 3.05) is 26.3 Å². The van der Waals surface area contributed by atoms with E-state index in [1.54, 1.807) is 4.90 Å². The van der Waals surface area contributed by atoms with Crippen molar-refractivity contribution >= 4 is 23.1 Å². The molecule has 0 spiro atoms. The molecule has 0 saturated heterocycles. The molecule has 0 bridgehead atoms. The average Bonchev–Trinajstić information content (AvgIpc) is 2.30. The average molecular weight is 260 g/mol. The molecule has 0 aromatic carbocycles. The van der Waals surface area contributed by atoms with Gasteiger partial charge in [0.15, 0.2) is 0 Å². The van der Waals surface area contributed by atoms with E-state index in [4.69, 9.17) is 22.7 Å². The van der Waals surface area contributed by atoms with Crippen molar-refractivity contribution in [2.24, 2.45) is 11.7 Å². The first-order chi connectivity index (χ1) is 8.02. The van der Waals surface area contributed by atoms with E-state index >= 15 is 0 Å². The van der Waals surface area contributed by atoms with Crippen LogP contribution >= 0.6 is 12.2 Å². The molecule has 0 heterocycles. The first kappa shape index (κ1) is 16.3. The number of thiocarbonyl (C=S) groups is 1. The summed E-state index contributed by atoms with van der Waals surface area (Å²) in [7, 11) is 0. The molecule has 1 unspecified atom stereocenters. The molecular formula is C12H24N2O2S. The second-order valence-electron chi connectivity index (χ2n) is 4.04. The van der Waals surface area contributed by atoms with Gasteiger partial charge >= 0.3 is 0 Å². The van der Waals surface area contributed by atoms with E-state index in [0.717, 1.165) is 6.42 Å². The predicted octanol–water partition coefficient (Wildman–Crippen LogP) is 1.57. The number of carbonyl (C=O) groups excluding carboxylic acids is 1. The number of rotatable bonds is 9. The van der Waals surface area contributed by atoms with Gasteiger partial charge in [-0.2, -0.15) is 0 Å². The van der Waals surface area contributed by atoms with Crippen molar-refractivity contribution in [1.82, 2.24) is 4.90 Å². The topological polar surface area (TPSA) is 55.6 Å². The third kappa shape index (κ3) is 7.28. The van der Waals surface area contributed by atoms with Crippen LogP contribution in [0.1, 0.15) is 33.6 Å². The molecule has 0 fully saturated rings. The number of nitrogens with two attached hydrogens (primary N) is 1. The summed E-state index contributed by atoms with van der Waals surface area (Å²) >= 11 is 4.91. The summed E-state index contributed by atoms with van der Waals surface area (Å²) in [5.41, 5.74) is 5.55. The fraction of sp³-hybridized carbons (Fsp3) is 0.833. The maximum Gasteiger partial charge on any atom is 0.222 e. The lowest BCUT2D eigenvalue weighted by Crippen LogP contribution is -2.38. The third-order valence-electron chi connectivity index (χ3n) is 2.60. The van der Waals surface area contributed by atoms with Crippen molar-refractivity contribution < 1.29 is 9.53 Å². The van der Waals surface area contributed by atoms with E-state index in [1.165, 1.54) is 0 Å². The standard InChI is InChI=1S/C12H24N2O2S/c1-4-14(9-10(3)12(13)17)11(15)7-6-8-16-5-2/h10H,4-9H2,1-3H3,(H2,13,17). The second kappa shape index (κ2) is 9.36. The summed E-state index contributed by atoms with van der Waals surface area (Å²) in [5, 5.41) is 0. The van der Waals surface area contributed by atoms with Gasteiger partial charge in [0, 0.05) is 38.6 Å². The zero-order chi connectivity index (χ0) is 13.3. The van der Waals surface area contributed by atoms with Crippen LogP contribution in [0.2, 0.25) is 0 Å². The Morgan fingerprint density at radius 3 is 2.59 bits per heavy atom. The number of nitrogens with zero attached hydrogens (tertiary/aromatic N) is 1. The number of carbonyl (C=O) groups is 1. The Kier molecular flexibility index (Phi) is 8.99. The quantitative estimate of drug-likeness (QED) is 0.505. The van der Waals surface area contributed by atoms with Crippen LogP contribution in [-0.2, 0) is 9.53 Å². The fourth-order valence-corrected chi connectivity index (χ4v) is 1.53. The van der Waals surface area contributed by atoms with Crippen molar-refractivity contribution in [3.05, 3.63) is 0 Å². The van der Waals surface area contributed by atoms with Crippen LogP contribution in [0.25, 0.3) is 0 Å². The van der Waals surface area contributed by atoms with Crippen LogP contribution in [-0.4, -0.2) is 42.1 Å². The monoisotopic (exact) mass is 260 g/mol. The molecule has 17 heavy (non-hydrogen) atoms. The Hall–Kier alpha value is -0.680. The highest BCUT2D eigenvalue weighted by Crippen LogP contribution is 2.04. The van der Waals surface area contributed by atoms with Gasteiger partial charge in [-0.15, -0.1) is 0 Å². The lowest BCUT2D eigenvalue weighted by atomic mass is 10.1. The molecule has 0 radical (unpaired) electrons. The van der Waals surface area contributed by atoms with Gasteiger partial charge in [0.25, 0.3) is 0 Å². The molecule has 100 valence electrons. The Balaban J connectivity index is 3.99. The molecule has 0 aliphatic rings. The number of hydrogen-bond donors (Lipinski definition) is 1. The van der Waals surface area contributed by atoms with E-state index in [1.807, 2.05) is 20.8 Å². The smallest absolute Gasteiger partial charge is 0.222 e. The highest BCUT2D eigenvalue weighted by atomic mass is 32.1. The lowest BCUT2D eigenvalue weighted by molar-refractivity contribution is -0.131. The molecular weight excluding hydrogens is 236 g/mol. The van der Waals surface area contributed by atoms with Gasteiger partial charge in [-0.3, -0.25) is 4.79 Å². The molecule has 5 heteroatoms. The molecule has 0 saturated carbocycles. The molecule has 0 aromatic rings. The maximum atomic E-state index is 11.9. The first-order valence-electron chi connectivity index (χ1n) is 6.17. The van der Waals surface area contributed by atoms with Crippen LogP contribution in [0.4, 0.5) is 0 Å². The fourth-order valence-electron chi connectivity index (χ4n) is 1.46. The Labute approximate surface area is 109 Å². The Bertz CT molecular complexity index is 247. The normalized spacial score (nSPS) is 12.2. The molecule has 4 nitrogen and oxygen atoms in total. The predicted molar refractivity (Wildman–Crippen MR) is 73.9 cm³/mol. The van der Waals surface area contributed by atoms with Crippen LogP contribution in [0.15, 0.2) is 0 Å². The van der Waals surface area contributed by atoms with Crippen molar-refractivity contribution in [1.29, 1.82) is 0 Å². The third-order valence-corrected chi connectivity index (χ3v) is 3.00. The summed E-state index contributed by atoms with van der Waals surface area (Å²) in [6, 6.07) is 0. The largest absolute Gasteiger partial charge is 0.393 e. The van der Waals surface area contributed by atoms with E-state index < -0.39 is 0 Å². The number of ether oxygens (including phenoxy) is 1. The first-order valence-corrected chi connectivity index (χ1v) is 6.58. The molecule has 1 amide bonds. The maximum absolute atomic E-state index is 11.9. The van der Waals surface area contributed by atoms with E-state index in [2.05, 4.69) is 0 Å². The highest BCUT2D eigenvalue weighted by Gasteiger charge is 2.15. The van der Waals surface area contributed by atoms with Crippen LogP contribution in [0.3, 0.4) is 0 Å². The van der Waals surface area contributed by atoms with Gasteiger partial charge < -0.3 is 15.4 Å². The molecule has 2 N–H and O–H groups in total. The Morgan fingerprint density at radius 1 is 1.47 bits per heavy atom. The van der Waals surface area contributed by atoms with Gasteiger partial charge in [-0.05, 0) is 20.3 Å². The van der Waals surface area contributed by atoms with E-state index in [9.17, 15) is 4.79 Å². The molecule has 0 rings (SSSR count). The van der Waals surface area contributed by atoms with Crippen LogP contribution in [0, 0.1) is 5.92 Å². The van der Waals surface area contributed by atoms with Crippen molar-refractivity contribution in [2.45, 2.75) is 33.6 Å². The van der Waals surface area contributed by atoms with Crippen LogP contribution < -0.4 is 5.73 Å². The van der Waals surface area contributed by atoms with Crippen LogP contribution in [0.5, 0.6) is 0 Å². The molecule has 0 aliphatic heterocycles. The van der Waals surface area contributed by atoms with Crippen molar-refractivity contribution in [3.8, 4) is 0 Å². The second-order valence-corrected chi connectivity index (χ2v) is 4.51. The summed E-state index contributed by atoms with van der Waals surface area (Å²) in [4.78, 5) is 14.1. The Morgan fingerprint density at radius 2 is 2.12 bits per heavy atom. The van der Waals surface area contributed by atoms with E-state index in [0.29, 0.717) is 37.7 Å². The number of amides is 1. The summed E-state index contributed by atoms with van der Waals surface area (Å²) in [5.74, 6) is 0.219. The minimum absolute atomic E-state index is 0.0702. The van der Waals surface area contributed by atoms with Gasteiger partial charge in [0.1, 0.15) is 0 Å². The zero-order valence-corrected chi connectivity index (χ0v) is 11.9. The van der Waals surface area contributed by atoms with Gasteiger partial charge in [-0.1, -0.05) is 19.1 Å². The SMILES string of the molecule is CCOCCCC(=O)N(CC)CC(C)C(N)=S. The lowest BCUT2D eigenvalue weighted by Gasteiger charge is -2.24. The minimum Gasteiger partial charge on any atom is -0.393 e.